The third-order valence-corrected chi connectivity index (χ3v) is 3.35. The van der Waals surface area contributed by atoms with Crippen LogP contribution >= 0.6 is 0 Å². The van der Waals surface area contributed by atoms with Crippen molar-refractivity contribution >= 4 is 5.97 Å². The van der Waals surface area contributed by atoms with Crippen molar-refractivity contribution in [2.75, 3.05) is 7.11 Å². The summed E-state index contributed by atoms with van der Waals surface area (Å²) < 4.78 is 10.2. The number of methoxy groups -OCH3 is 1. The quantitative estimate of drug-likeness (QED) is 0.872. The molecule has 21 heavy (non-hydrogen) atoms. The van der Waals surface area contributed by atoms with Crippen LogP contribution in [0.5, 0.6) is 11.5 Å². The van der Waals surface area contributed by atoms with E-state index < -0.39 is 11.5 Å². The van der Waals surface area contributed by atoms with Crippen molar-refractivity contribution in [1.29, 1.82) is 0 Å². The fraction of sp³-hybridized carbons (Fsp3) is 0.267. The SMILES string of the molecule is COC(=O)c1c(Oc2cccc(C3CC3)c2)cn[nH]c1=O. The molecule has 1 fully saturated rings. The second-order valence-corrected chi connectivity index (χ2v) is 4.88. The molecule has 1 aromatic carbocycles. The van der Waals surface area contributed by atoms with Crippen molar-refractivity contribution in [2.24, 2.45) is 0 Å². The van der Waals surface area contributed by atoms with Gasteiger partial charge in [-0.15, -0.1) is 0 Å². The summed E-state index contributed by atoms with van der Waals surface area (Å²) in [6.07, 6.45) is 3.66. The van der Waals surface area contributed by atoms with E-state index in [0.717, 1.165) is 0 Å². The van der Waals surface area contributed by atoms with Gasteiger partial charge in [-0.3, -0.25) is 4.79 Å². The monoisotopic (exact) mass is 286 g/mol. The van der Waals surface area contributed by atoms with E-state index in [1.165, 1.54) is 31.7 Å². The summed E-state index contributed by atoms with van der Waals surface area (Å²) in [5.41, 5.74) is 0.368. The zero-order valence-electron chi connectivity index (χ0n) is 11.5. The van der Waals surface area contributed by atoms with E-state index in [2.05, 4.69) is 14.9 Å². The Labute approximate surface area is 120 Å². The number of esters is 1. The predicted octanol–water partition coefficient (Wildman–Crippen LogP) is 2.23. The number of hydrogen-bond acceptors (Lipinski definition) is 5. The highest BCUT2D eigenvalue weighted by molar-refractivity contribution is 5.91. The standard InChI is InChI=1S/C15H14N2O4/c1-20-15(19)13-12(8-16-17-14(13)18)21-11-4-2-3-10(7-11)9-5-6-9/h2-4,7-9H,5-6H2,1H3,(H,17,18). The lowest BCUT2D eigenvalue weighted by molar-refractivity contribution is 0.0595. The van der Waals surface area contributed by atoms with Crippen molar-refractivity contribution in [2.45, 2.75) is 18.8 Å². The molecule has 2 aromatic rings. The Kier molecular flexibility index (Phi) is 3.43. The van der Waals surface area contributed by atoms with Gasteiger partial charge in [-0.1, -0.05) is 12.1 Å². The third-order valence-electron chi connectivity index (χ3n) is 3.35. The smallest absolute Gasteiger partial charge is 0.347 e. The number of carbonyl (C=O) groups excluding carboxylic acids is 1. The Morgan fingerprint density at radius 2 is 2.19 bits per heavy atom. The molecule has 0 amide bonds. The average molecular weight is 286 g/mol. The van der Waals surface area contributed by atoms with E-state index in [-0.39, 0.29) is 11.3 Å². The van der Waals surface area contributed by atoms with E-state index in [4.69, 9.17) is 4.74 Å². The molecule has 108 valence electrons. The zero-order valence-corrected chi connectivity index (χ0v) is 11.5. The van der Waals surface area contributed by atoms with E-state index in [1.807, 2.05) is 18.2 Å². The third kappa shape index (κ3) is 2.79. The van der Waals surface area contributed by atoms with E-state index in [0.29, 0.717) is 11.7 Å². The number of carbonyl (C=O) groups is 1. The van der Waals surface area contributed by atoms with Gasteiger partial charge in [0.2, 0.25) is 0 Å². The maximum atomic E-state index is 11.7. The lowest BCUT2D eigenvalue weighted by Crippen LogP contribution is -2.20. The van der Waals surface area contributed by atoms with E-state index in [9.17, 15) is 9.59 Å². The molecule has 3 rings (SSSR count). The van der Waals surface area contributed by atoms with Crippen LogP contribution in [0.2, 0.25) is 0 Å². The summed E-state index contributed by atoms with van der Waals surface area (Å²) in [5, 5.41) is 5.85. The molecule has 1 aromatic heterocycles. The Morgan fingerprint density at radius 1 is 1.38 bits per heavy atom. The fourth-order valence-corrected chi connectivity index (χ4v) is 2.13. The van der Waals surface area contributed by atoms with Crippen LogP contribution in [0.15, 0.2) is 35.3 Å². The Balaban J connectivity index is 1.94. The lowest BCUT2D eigenvalue weighted by Gasteiger charge is -2.09. The zero-order chi connectivity index (χ0) is 14.8. The molecule has 1 heterocycles. The molecular weight excluding hydrogens is 272 g/mol. The van der Waals surface area contributed by atoms with Crippen LogP contribution in [0, 0.1) is 0 Å². The number of benzene rings is 1. The first kappa shape index (κ1) is 13.4. The summed E-state index contributed by atoms with van der Waals surface area (Å²) in [5.74, 6) is 0.480. The molecule has 1 aliphatic rings. The van der Waals surface area contributed by atoms with Crippen molar-refractivity contribution in [3.8, 4) is 11.5 Å². The number of aromatic nitrogens is 2. The van der Waals surface area contributed by atoms with Crippen LogP contribution < -0.4 is 10.3 Å². The largest absolute Gasteiger partial charge is 0.465 e. The van der Waals surface area contributed by atoms with Crippen molar-refractivity contribution in [3.05, 3.63) is 51.9 Å². The number of nitrogens with one attached hydrogen (secondary N) is 1. The van der Waals surface area contributed by atoms with Gasteiger partial charge in [-0.25, -0.2) is 9.89 Å². The van der Waals surface area contributed by atoms with Crippen LogP contribution in [0.4, 0.5) is 0 Å². The molecule has 0 radical (unpaired) electrons. The molecular formula is C15H14N2O4. The minimum atomic E-state index is -0.757. The molecule has 0 saturated heterocycles. The second kappa shape index (κ2) is 5.40. The Bertz CT molecular complexity index is 734. The molecule has 1 aliphatic carbocycles. The van der Waals surface area contributed by atoms with E-state index in [1.54, 1.807) is 6.07 Å². The highest BCUT2D eigenvalue weighted by atomic mass is 16.5. The number of hydrogen-bond donors (Lipinski definition) is 1. The number of aromatic amines is 1. The van der Waals surface area contributed by atoms with Crippen molar-refractivity contribution in [3.63, 3.8) is 0 Å². The highest BCUT2D eigenvalue weighted by Gasteiger charge is 2.24. The minimum absolute atomic E-state index is 0.0820. The second-order valence-electron chi connectivity index (χ2n) is 4.88. The number of H-pyrrole nitrogens is 1. The highest BCUT2D eigenvalue weighted by Crippen LogP contribution is 2.41. The van der Waals surface area contributed by atoms with Gasteiger partial charge in [-0.2, -0.15) is 5.10 Å². The van der Waals surface area contributed by atoms with Crippen molar-refractivity contribution in [1.82, 2.24) is 10.2 Å². The van der Waals surface area contributed by atoms with Crippen molar-refractivity contribution < 1.29 is 14.3 Å². The maximum Gasteiger partial charge on any atom is 0.347 e. The van der Waals surface area contributed by atoms with Gasteiger partial charge in [0.25, 0.3) is 5.56 Å². The Hall–Kier alpha value is -2.63. The molecule has 0 bridgehead atoms. The normalized spacial score (nSPS) is 13.8. The van der Waals surface area contributed by atoms with Crippen LogP contribution in [0.25, 0.3) is 0 Å². The summed E-state index contributed by atoms with van der Waals surface area (Å²) >= 11 is 0. The van der Waals surface area contributed by atoms with Gasteiger partial charge in [0.1, 0.15) is 5.75 Å². The summed E-state index contributed by atoms with van der Waals surface area (Å²) in [7, 11) is 1.21. The maximum absolute atomic E-state index is 11.7. The van der Waals surface area contributed by atoms with Crippen LogP contribution in [-0.4, -0.2) is 23.3 Å². The van der Waals surface area contributed by atoms with Gasteiger partial charge in [0.15, 0.2) is 11.3 Å². The van der Waals surface area contributed by atoms with Gasteiger partial charge >= 0.3 is 5.97 Å². The molecule has 1 N–H and O–H groups in total. The summed E-state index contributed by atoms with van der Waals surface area (Å²) in [6, 6.07) is 7.62. The van der Waals surface area contributed by atoms with Crippen LogP contribution in [0.3, 0.4) is 0 Å². The van der Waals surface area contributed by atoms with Gasteiger partial charge in [-0.05, 0) is 36.5 Å². The van der Waals surface area contributed by atoms with Gasteiger partial charge in [0.05, 0.1) is 13.3 Å². The fourth-order valence-electron chi connectivity index (χ4n) is 2.13. The molecule has 0 atom stereocenters. The molecule has 0 unspecified atom stereocenters. The number of rotatable bonds is 4. The minimum Gasteiger partial charge on any atom is -0.465 e. The number of nitrogens with zero attached hydrogens (tertiary/aromatic N) is 1. The van der Waals surface area contributed by atoms with Gasteiger partial charge < -0.3 is 9.47 Å². The average Bonchev–Trinajstić information content (AvgIpc) is 3.32. The molecule has 1 saturated carbocycles. The van der Waals surface area contributed by atoms with Crippen LogP contribution in [-0.2, 0) is 4.74 Å². The van der Waals surface area contributed by atoms with Crippen LogP contribution in [0.1, 0.15) is 34.7 Å². The predicted molar refractivity (Wildman–Crippen MR) is 74.7 cm³/mol. The summed E-state index contributed by atoms with van der Waals surface area (Å²) in [4.78, 5) is 23.4. The molecule has 6 nitrogen and oxygen atoms in total. The van der Waals surface area contributed by atoms with E-state index >= 15 is 0 Å². The molecule has 0 spiro atoms. The van der Waals surface area contributed by atoms with Gasteiger partial charge in [0, 0.05) is 0 Å². The topological polar surface area (TPSA) is 81.3 Å². The Morgan fingerprint density at radius 3 is 2.90 bits per heavy atom. The molecule has 6 heteroatoms. The summed E-state index contributed by atoms with van der Waals surface area (Å²) in [6.45, 7) is 0. The molecule has 0 aliphatic heterocycles. The number of ether oxygens (including phenoxy) is 2. The lowest BCUT2D eigenvalue weighted by atomic mass is 10.1. The first-order chi connectivity index (χ1) is 10.2. The first-order valence-corrected chi connectivity index (χ1v) is 6.63. The first-order valence-electron chi connectivity index (χ1n) is 6.63.